The maximum absolute atomic E-state index is 6.03. The number of hydrogen-bond donors (Lipinski definition) is 1. The SMILES string of the molecule is COc1c(Cl)cnc(C2CCCCN2)c1C. The maximum atomic E-state index is 6.03. The molecule has 88 valence electrons. The minimum Gasteiger partial charge on any atom is -0.495 e. The lowest BCUT2D eigenvalue weighted by Crippen LogP contribution is -2.28. The Morgan fingerprint density at radius 3 is 2.94 bits per heavy atom. The fraction of sp³-hybridized carbons (Fsp3) is 0.583. The minimum absolute atomic E-state index is 0.347. The molecule has 0 saturated carbocycles. The average molecular weight is 241 g/mol. The molecule has 16 heavy (non-hydrogen) atoms. The molecule has 1 unspecified atom stereocenters. The van der Waals surface area contributed by atoms with Crippen LogP contribution in [0.15, 0.2) is 6.20 Å². The highest BCUT2D eigenvalue weighted by molar-refractivity contribution is 6.32. The third kappa shape index (κ3) is 2.15. The monoisotopic (exact) mass is 240 g/mol. The third-order valence-corrected chi connectivity index (χ3v) is 3.37. The lowest BCUT2D eigenvalue weighted by atomic mass is 9.98. The molecule has 0 aliphatic carbocycles. The van der Waals surface area contributed by atoms with E-state index >= 15 is 0 Å². The van der Waals surface area contributed by atoms with Crippen molar-refractivity contribution in [1.29, 1.82) is 0 Å². The summed E-state index contributed by atoms with van der Waals surface area (Å²) in [6.07, 6.45) is 5.32. The number of nitrogens with one attached hydrogen (secondary N) is 1. The molecule has 0 radical (unpaired) electrons. The molecule has 0 aromatic carbocycles. The van der Waals surface area contributed by atoms with E-state index in [9.17, 15) is 0 Å². The lowest BCUT2D eigenvalue weighted by Gasteiger charge is -2.25. The van der Waals surface area contributed by atoms with Crippen molar-refractivity contribution < 1.29 is 4.74 Å². The van der Waals surface area contributed by atoms with E-state index in [1.54, 1.807) is 13.3 Å². The largest absolute Gasteiger partial charge is 0.495 e. The van der Waals surface area contributed by atoms with E-state index in [4.69, 9.17) is 16.3 Å². The smallest absolute Gasteiger partial charge is 0.143 e. The van der Waals surface area contributed by atoms with Gasteiger partial charge in [-0.05, 0) is 26.3 Å². The number of rotatable bonds is 2. The van der Waals surface area contributed by atoms with E-state index < -0.39 is 0 Å². The number of piperidine rings is 1. The molecule has 2 rings (SSSR count). The maximum Gasteiger partial charge on any atom is 0.143 e. The number of methoxy groups -OCH3 is 1. The molecule has 0 bridgehead atoms. The molecule has 1 aromatic rings. The van der Waals surface area contributed by atoms with Crippen LogP contribution in [0.25, 0.3) is 0 Å². The Hall–Kier alpha value is -0.800. The van der Waals surface area contributed by atoms with Crippen molar-refractivity contribution >= 4 is 11.6 Å². The molecule has 1 saturated heterocycles. The summed E-state index contributed by atoms with van der Waals surface area (Å²) in [6, 6.07) is 0.347. The molecular weight excluding hydrogens is 224 g/mol. The van der Waals surface area contributed by atoms with Crippen molar-refractivity contribution in [3.05, 3.63) is 22.5 Å². The predicted molar refractivity (Wildman–Crippen MR) is 65.1 cm³/mol. The van der Waals surface area contributed by atoms with Gasteiger partial charge in [0.05, 0.1) is 12.8 Å². The van der Waals surface area contributed by atoms with E-state index in [-0.39, 0.29) is 0 Å². The summed E-state index contributed by atoms with van der Waals surface area (Å²) in [5.74, 6) is 0.749. The number of pyridine rings is 1. The normalized spacial score (nSPS) is 20.8. The second kappa shape index (κ2) is 5.02. The first kappa shape index (κ1) is 11.7. The molecule has 1 aliphatic rings. The van der Waals surface area contributed by atoms with Gasteiger partial charge in [0.1, 0.15) is 10.8 Å². The number of hydrogen-bond acceptors (Lipinski definition) is 3. The topological polar surface area (TPSA) is 34.1 Å². The van der Waals surface area contributed by atoms with Gasteiger partial charge in [0.2, 0.25) is 0 Å². The molecular formula is C12H17ClN2O. The molecule has 1 N–H and O–H groups in total. The molecule has 0 amide bonds. The van der Waals surface area contributed by atoms with Gasteiger partial charge in [-0.1, -0.05) is 18.0 Å². The highest BCUT2D eigenvalue weighted by atomic mass is 35.5. The highest BCUT2D eigenvalue weighted by Gasteiger charge is 2.20. The van der Waals surface area contributed by atoms with Crippen LogP contribution < -0.4 is 10.1 Å². The zero-order valence-electron chi connectivity index (χ0n) is 9.72. The van der Waals surface area contributed by atoms with E-state index in [0.29, 0.717) is 11.1 Å². The van der Waals surface area contributed by atoms with Crippen molar-refractivity contribution in [2.45, 2.75) is 32.2 Å². The van der Waals surface area contributed by atoms with Gasteiger partial charge in [-0.3, -0.25) is 4.98 Å². The number of halogens is 1. The second-order valence-corrected chi connectivity index (χ2v) is 4.56. The van der Waals surface area contributed by atoms with Gasteiger partial charge in [-0.25, -0.2) is 0 Å². The van der Waals surface area contributed by atoms with Crippen LogP contribution in [-0.2, 0) is 0 Å². The Morgan fingerprint density at radius 1 is 1.50 bits per heavy atom. The summed E-state index contributed by atoms with van der Waals surface area (Å²) >= 11 is 6.03. The Bertz CT molecular complexity index is 376. The van der Waals surface area contributed by atoms with E-state index in [0.717, 1.165) is 30.0 Å². The van der Waals surface area contributed by atoms with Crippen molar-refractivity contribution in [1.82, 2.24) is 10.3 Å². The fourth-order valence-electron chi connectivity index (χ4n) is 2.26. The van der Waals surface area contributed by atoms with E-state index in [1.165, 1.54) is 12.8 Å². The first-order chi connectivity index (χ1) is 7.74. The van der Waals surface area contributed by atoms with Gasteiger partial charge in [0.25, 0.3) is 0 Å². The van der Waals surface area contributed by atoms with Crippen LogP contribution in [0, 0.1) is 6.92 Å². The summed E-state index contributed by atoms with van der Waals surface area (Å²) < 4.78 is 5.31. The second-order valence-electron chi connectivity index (χ2n) is 4.15. The van der Waals surface area contributed by atoms with Crippen molar-refractivity contribution in [3.63, 3.8) is 0 Å². The molecule has 1 atom stereocenters. The summed E-state index contributed by atoms with van der Waals surface area (Å²) in [4.78, 5) is 4.44. The summed E-state index contributed by atoms with van der Waals surface area (Å²) in [5, 5.41) is 4.07. The molecule has 0 spiro atoms. The van der Waals surface area contributed by atoms with E-state index in [2.05, 4.69) is 10.3 Å². The Balaban J connectivity index is 2.33. The van der Waals surface area contributed by atoms with Gasteiger partial charge < -0.3 is 10.1 Å². The molecule has 2 heterocycles. The molecule has 3 nitrogen and oxygen atoms in total. The number of ether oxygens (including phenoxy) is 1. The first-order valence-electron chi connectivity index (χ1n) is 5.66. The highest BCUT2D eigenvalue weighted by Crippen LogP contribution is 2.33. The van der Waals surface area contributed by atoms with Crippen LogP contribution in [0.2, 0.25) is 5.02 Å². The van der Waals surface area contributed by atoms with Crippen LogP contribution in [0.4, 0.5) is 0 Å². The molecule has 1 aromatic heterocycles. The van der Waals surface area contributed by atoms with Crippen molar-refractivity contribution in [2.24, 2.45) is 0 Å². The quantitative estimate of drug-likeness (QED) is 0.863. The Labute approximate surface area is 101 Å². The Morgan fingerprint density at radius 2 is 2.31 bits per heavy atom. The lowest BCUT2D eigenvalue weighted by molar-refractivity contribution is 0.390. The standard InChI is InChI=1S/C12H17ClN2O/c1-8-11(10-5-3-4-6-14-10)15-7-9(13)12(8)16-2/h7,10,14H,3-6H2,1-2H3. The van der Waals surface area contributed by atoms with Gasteiger partial charge in [0.15, 0.2) is 0 Å². The third-order valence-electron chi connectivity index (χ3n) is 3.10. The number of aromatic nitrogens is 1. The van der Waals surface area contributed by atoms with Gasteiger partial charge in [0, 0.05) is 17.8 Å². The summed E-state index contributed by atoms with van der Waals surface area (Å²) in [5.41, 5.74) is 2.12. The summed E-state index contributed by atoms with van der Waals surface area (Å²) in [7, 11) is 1.65. The minimum atomic E-state index is 0.347. The van der Waals surface area contributed by atoms with Crippen LogP contribution in [-0.4, -0.2) is 18.6 Å². The number of nitrogens with zero attached hydrogens (tertiary/aromatic N) is 1. The van der Waals surface area contributed by atoms with Crippen molar-refractivity contribution in [2.75, 3.05) is 13.7 Å². The van der Waals surface area contributed by atoms with Crippen LogP contribution in [0.5, 0.6) is 5.75 Å². The van der Waals surface area contributed by atoms with Crippen LogP contribution in [0.1, 0.15) is 36.6 Å². The predicted octanol–water partition coefficient (Wildman–Crippen LogP) is 2.87. The molecule has 4 heteroatoms. The first-order valence-corrected chi connectivity index (χ1v) is 6.04. The van der Waals surface area contributed by atoms with Crippen LogP contribution in [0.3, 0.4) is 0 Å². The zero-order chi connectivity index (χ0) is 11.5. The zero-order valence-corrected chi connectivity index (χ0v) is 10.5. The summed E-state index contributed by atoms with van der Waals surface area (Å²) in [6.45, 7) is 3.08. The van der Waals surface area contributed by atoms with Gasteiger partial charge in [-0.15, -0.1) is 0 Å². The fourth-order valence-corrected chi connectivity index (χ4v) is 2.53. The van der Waals surface area contributed by atoms with E-state index in [1.807, 2.05) is 6.92 Å². The molecule has 1 aliphatic heterocycles. The van der Waals surface area contributed by atoms with Crippen molar-refractivity contribution in [3.8, 4) is 5.75 Å². The van der Waals surface area contributed by atoms with Crippen LogP contribution >= 0.6 is 11.6 Å². The van der Waals surface area contributed by atoms with Gasteiger partial charge in [-0.2, -0.15) is 0 Å². The molecule has 1 fully saturated rings. The van der Waals surface area contributed by atoms with Gasteiger partial charge >= 0.3 is 0 Å². The average Bonchev–Trinajstić information content (AvgIpc) is 2.31. The Kier molecular flexibility index (Phi) is 3.66.